The number of hydrogen-bond acceptors (Lipinski definition) is 3. The summed E-state index contributed by atoms with van der Waals surface area (Å²) in [5.74, 6) is 0.435. The van der Waals surface area contributed by atoms with Gasteiger partial charge in [0.1, 0.15) is 11.0 Å². The highest BCUT2D eigenvalue weighted by Crippen LogP contribution is 2.29. The average Bonchev–Trinajstić information content (AvgIpc) is 2.28. The van der Waals surface area contributed by atoms with Gasteiger partial charge in [-0.1, -0.05) is 18.5 Å². The summed E-state index contributed by atoms with van der Waals surface area (Å²) >= 11 is 11.1. The van der Waals surface area contributed by atoms with Gasteiger partial charge in [0.15, 0.2) is 0 Å². The zero-order valence-electron chi connectivity index (χ0n) is 9.24. The second kappa shape index (κ2) is 6.33. The number of anilines is 1. The van der Waals surface area contributed by atoms with E-state index in [2.05, 4.69) is 4.72 Å². The summed E-state index contributed by atoms with van der Waals surface area (Å²) in [6.07, 6.45) is 0.824. The zero-order valence-corrected chi connectivity index (χ0v) is 11.6. The third-order valence-corrected chi connectivity index (χ3v) is 3.73. The van der Waals surface area contributed by atoms with Crippen LogP contribution in [0.3, 0.4) is 0 Å². The molecule has 0 saturated heterocycles. The van der Waals surface area contributed by atoms with Gasteiger partial charge < -0.3 is 4.74 Å². The molecule has 96 valence electrons. The first kappa shape index (κ1) is 14.4. The van der Waals surface area contributed by atoms with Gasteiger partial charge in [-0.2, -0.15) is 0 Å². The Hall–Kier alpha value is -0.650. The van der Waals surface area contributed by atoms with Crippen molar-refractivity contribution in [2.45, 2.75) is 13.3 Å². The van der Waals surface area contributed by atoms with Gasteiger partial charge in [-0.3, -0.25) is 4.72 Å². The molecule has 1 rings (SSSR count). The Labute approximate surface area is 111 Å². The van der Waals surface area contributed by atoms with Crippen LogP contribution < -0.4 is 9.46 Å². The molecule has 0 aliphatic heterocycles. The molecule has 7 heteroatoms. The van der Waals surface area contributed by atoms with Gasteiger partial charge in [0.2, 0.25) is 10.0 Å². The Kier molecular flexibility index (Phi) is 5.36. The topological polar surface area (TPSA) is 55.4 Å². The number of nitrogens with one attached hydrogen (secondary N) is 1. The lowest BCUT2D eigenvalue weighted by Gasteiger charge is -2.12. The first-order valence-electron chi connectivity index (χ1n) is 4.97. The molecule has 0 aromatic heterocycles. The van der Waals surface area contributed by atoms with Gasteiger partial charge in [0.05, 0.1) is 12.3 Å². The van der Waals surface area contributed by atoms with E-state index in [-0.39, 0.29) is 0 Å². The number of hydrogen-bond donors (Lipinski definition) is 1. The van der Waals surface area contributed by atoms with Crippen LogP contribution >= 0.6 is 23.2 Å². The fraction of sp³-hybridized carbons (Fsp3) is 0.400. The SMILES string of the molecule is CCCOc1ccc(Cl)cc1NS(=O)(=O)CCl. The van der Waals surface area contributed by atoms with E-state index in [9.17, 15) is 8.42 Å². The summed E-state index contributed by atoms with van der Waals surface area (Å²) in [5.41, 5.74) is 0.298. The predicted octanol–water partition coefficient (Wildman–Crippen LogP) is 3.07. The van der Waals surface area contributed by atoms with Gasteiger partial charge in [-0.15, -0.1) is 11.6 Å². The highest BCUT2D eigenvalue weighted by Gasteiger charge is 2.12. The van der Waals surface area contributed by atoms with E-state index in [0.717, 1.165) is 6.42 Å². The molecule has 0 bridgehead atoms. The smallest absolute Gasteiger partial charge is 0.246 e. The van der Waals surface area contributed by atoms with E-state index in [0.29, 0.717) is 23.1 Å². The zero-order chi connectivity index (χ0) is 12.9. The summed E-state index contributed by atoms with van der Waals surface area (Å²) in [4.78, 5) is 0. The van der Waals surface area contributed by atoms with Crippen LogP contribution in [0.2, 0.25) is 5.02 Å². The van der Waals surface area contributed by atoms with Crippen molar-refractivity contribution >= 4 is 38.9 Å². The summed E-state index contributed by atoms with van der Waals surface area (Å²) in [6.45, 7) is 2.45. The fourth-order valence-corrected chi connectivity index (χ4v) is 2.00. The van der Waals surface area contributed by atoms with Gasteiger partial charge in [-0.25, -0.2) is 8.42 Å². The molecule has 0 spiro atoms. The Morgan fingerprint density at radius 3 is 2.71 bits per heavy atom. The number of benzene rings is 1. The minimum absolute atomic E-state index is 0.298. The maximum atomic E-state index is 11.4. The van der Waals surface area contributed by atoms with Crippen LogP contribution in [-0.2, 0) is 10.0 Å². The van der Waals surface area contributed by atoms with Crippen LogP contribution in [0.1, 0.15) is 13.3 Å². The van der Waals surface area contributed by atoms with E-state index < -0.39 is 15.2 Å². The quantitative estimate of drug-likeness (QED) is 0.821. The molecular weight excluding hydrogens is 285 g/mol. The van der Waals surface area contributed by atoms with Crippen LogP contribution in [0.4, 0.5) is 5.69 Å². The molecule has 0 atom stereocenters. The second-order valence-electron chi connectivity index (χ2n) is 3.31. The molecule has 0 amide bonds. The first-order chi connectivity index (χ1) is 7.98. The number of alkyl halides is 1. The number of sulfonamides is 1. The average molecular weight is 298 g/mol. The van der Waals surface area contributed by atoms with Crippen LogP contribution in [0.5, 0.6) is 5.75 Å². The van der Waals surface area contributed by atoms with E-state index in [1.807, 2.05) is 6.92 Å². The van der Waals surface area contributed by atoms with Gasteiger partial charge in [0.25, 0.3) is 0 Å². The van der Waals surface area contributed by atoms with Crippen molar-refractivity contribution in [1.29, 1.82) is 0 Å². The highest BCUT2D eigenvalue weighted by atomic mass is 35.5. The normalized spacial score (nSPS) is 11.2. The lowest BCUT2D eigenvalue weighted by Crippen LogP contribution is -2.14. The highest BCUT2D eigenvalue weighted by molar-refractivity contribution is 7.93. The molecule has 4 nitrogen and oxygen atoms in total. The summed E-state index contributed by atoms with van der Waals surface area (Å²) in [6, 6.07) is 4.73. The van der Waals surface area contributed by atoms with E-state index in [1.54, 1.807) is 12.1 Å². The van der Waals surface area contributed by atoms with E-state index in [1.165, 1.54) is 6.07 Å². The third kappa shape index (κ3) is 4.61. The molecular formula is C10H13Cl2NO3S. The van der Waals surface area contributed by atoms with Crippen LogP contribution in [0.15, 0.2) is 18.2 Å². The van der Waals surface area contributed by atoms with Crippen molar-refractivity contribution in [2.75, 3.05) is 16.5 Å². The predicted molar refractivity (Wildman–Crippen MR) is 70.5 cm³/mol. The Balaban J connectivity index is 2.98. The Morgan fingerprint density at radius 2 is 2.12 bits per heavy atom. The molecule has 17 heavy (non-hydrogen) atoms. The minimum atomic E-state index is -3.56. The van der Waals surface area contributed by atoms with Crippen molar-refractivity contribution in [3.05, 3.63) is 23.2 Å². The maximum absolute atomic E-state index is 11.4. The van der Waals surface area contributed by atoms with Crippen LogP contribution in [0.25, 0.3) is 0 Å². The second-order valence-corrected chi connectivity index (χ2v) is 6.06. The largest absolute Gasteiger partial charge is 0.491 e. The monoisotopic (exact) mass is 297 g/mol. The summed E-state index contributed by atoms with van der Waals surface area (Å²) < 4.78 is 30.4. The van der Waals surface area contributed by atoms with E-state index >= 15 is 0 Å². The van der Waals surface area contributed by atoms with Crippen LogP contribution in [-0.4, -0.2) is 20.2 Å². The van der Waals surface area contributed by atoms with Crippen molar-refractivity contribution in [1.82, 2.24) is 0 Å². The van der Waals surface area contributed by atoms with Crippen molar-refractivity contribution < 1.29 is 13.2 Å². The van der Waals surface area contributed by atoms with Crippen molar-refractivity contribution in [3.63, 3.8) is 0 Å². The van der Waals surface area contributed by atoms with Crippen molar-refractivity contribution in [3.8, 4) is 5.75 Å². The molecule has 1 aromatic carbocycles. The molecule has 0 unspecified atom stereocenters. The molecule has 1 aromatic rings. The van der Waals surface area contributed by atoms with Gasteiger partial charge in [-0.05, 0) is 24.6 Å². The van der Waals surface area contributed by atoms with E-state index in [4.69, 9.17) is 27.9 Å². The summed E-state index contributed by atoms with van der Waals surface area (Å²) in [7, 11) is -3.56. The lowest BCUT2D eigenvalue weighted by atomic mass is 10.3. The van der Waals surface area contributed by atoms with Gasteiger partial charge >= 0.3 is 0 Å². The number of rotatable bonds is 6. The van der Waals surface area contributed by atoms with Crippen LogP contribution in [0, 0.1) is 0 Å². The molecule has 0 aliphatic carbocycles. The number of halogens is 2. The molecule has 0 radical (unpaired) electrons. The Bertz CT molecular complexity index is 476. The van der Waals surface area contributed by atoms with Gasteiger partial charge in [0, 0.05) is 5.02 Å². The fourth-order valence-electron chi connectivity index (χ4n) is 1.11. The molecule has 0 heterocycles. The van der Waals surface area contributed by atoms with Crippen molar-refractivity contribution in [2.24, 2.45) is 0 Å². The molecule has 0 fully saturated rings. The standard InChI is InChI=1S/C10H13Cl2NO3S/c1-2-5-16-10-4-3-8(12)6-9(10)13-17(14,15)7-11/h3-4,6,13H,2,5,7H2,1H3. The molecule has 0 aliphatic rings. The maximum Gasteiger partial charge on any atom is 0.246 e. The third-order valence-electron chi connectivity index (χ3n) is 1.81. The Morgan fingerprint density at radius 1 is 1.41 bits per heavy atom. The molecule has 0 saturated carbocycles. The summed E-state index contributed by atoms with van der Waals surface area (Å²) in [5, 5.41) is -0.103. The lowest BCUT2D eigenvalue weighted by molar-refractivity contribution is 0.319. The molecule has 1 N–H and O–H groups in total. The minimum Gasteiger partial charge on any atom is -0.491 e. The first-order valence-corrected chi connectivity index (χ1v) is 7.54. The number of ether oxygens (including phenoxy) is 1.